The van der Waals surface area contributed by atoms with Crippen molar-refractivity contribution >= 4 is 27.4 Å². The number of aryl methyl sites for hydroxylation is 2. The second-order valence-corrected chi connectivity index (χ2v) is 7.39. The number of anilines is 1. The maximum Gasteiger partial charge on any atom is 0.183 e. The number of rotatable bonds is 5. The van der Waals surface area contributed by atoms with E-state index in [1.165, 1.54) is 28.7 Å². The molecule has 0 amide bonds. The lowest BCUT2D eigenvalue weighted by Gasteiger charge is -2.15. The maximum absolute atomic E-state index is 5.37. The summed E-state index contributed by atoms with van der Waals surface area (Å²) in [4.78, 5) is 20.6. The molecule has 1 atom stereocenters. The van der Waals surface area contributed by atoms with Crippen LogP contribution < -0.4 is 5.32 Å². The third kappa shape index (κ3) is 3.21. The third-order valence-electron chi connectivity index (χ3n) is 4.57. The van der Waals surface area contributed by atoms with Gasteiger partial charge in [0.15, 0.2) is 5.82 Å². The third-order valence-corrected chi connectivity index (χ3v) is 5.75. The first kappa shape index (κ1) is 16.4. The zero-order chi connectivity index (χ0) is 17.2. The molecule has 130 valence electrons. The number of nitrogens with zero attached hydrogens (tertiary/aromatic N) is 4. The van der Waals surface area contributed by atoms with Crippen LogP contribution in [0.1, 0.15) is 30.2 Å². The van der Waals surface area contributed by atoms with Crippen LogP contribution in [0.2, 0.25) is 0 Å². The molecule has 6 nitrogen and oxygen atoms in total. The van der Waals surface area contributed by atoms with Gasteiger partial charge in [-0.1, -0.05) is 0 Å². The summed E-state index contributed by atoms with van der Waals surface area (Å²) < 4.78 is 5.37. The standard InChI is InChI=1S/C18H21N5OS/c1-11(24-2)9-21-17-15-12-5-3-4-6-14(12)25-18(15)23-16(22-17)13-10-19-7-8-20-13/h7-8,10-11H,3-6,9H2,1-2H3,(H,21,22,23). The van der Waals surface area contributed by atoms with Gasteiger partial charge in [-0.25, -0.2) is 15.0 Å². The van der Waals surface area contributed by atoms with Gasteiger partial charge in [0, 0.05) is 30.9 Å². The fourth-order valence-corrected chi connectivity index (χ4v) is 4.40. The number of fused-ring (bicyclic) bond motifs is 3. The highest BCUT2D eigenvalue weighted by atomic mass is 32.1. The van der Waals surface area contributed by atoms with Crippen molar-refractivity contribution in [3.63, 3.8) is 0 Å². The molecule has 0 saturated heterocycles. The van der Waals surface area contributed by atoms with Crippen molar-refractivity contribution in [2.75, 3.05) is 19.0 Å². The van der Waals surface area contributed by atoms with Crippen molar-refractivity contribution in [1.29, 1.82) is 0 Å². The van der Waals surface area contributed by atoms with Crippen LogP contribution in [-0.4, -0.2) is 39.7 Å². The van der Waals surface area contributed by atoms with E-state index in [1.54, 1.807) is 37.0 Å². The van der Waals surface area contributed by atoms with Gasteiger partial charge in [0.05, 0.1) is 17.7 Å². The van der Waals surface area contributed by atoms with E-state index in [1.807, 2.05) is 6.92 Å². The van der Waals surface area contributed by atoms with Gasteiger partial charge in [0.2, 0.25) is 0 Å². The van der Waals surface area contributed by atoms with Gasteiger partial charge in [-0.15, -0.1) is 11.3 Å². The summed E-state index contributed by atoms with van der Waals surface area (Å²) in [5, 5.41) is 4.64. The van der Waals surface area contributed by atoms with E-state index >= 15 is 0 Å². The summed E-state index contributed by atoms with van der Waals surface area (Å²) in [7, 11) is 1.72. The van der Waals surface area contributed by atoms with Gasteiger partial charge < -0.3 is 10.1 Å². The smallest absolute Gasteiger partial charge is 0.183 e. The maximum atomic E-state index is 5.37. The van der Waals surface area contributed by atoms with E-state index in [0.717, 1.165) is 23.5 Å². The van der Waals surface area contributed by atoms with Crippen LogP contribution >= 0.6 is 11.3 Å². The Kier molecular flexibility index (Phi) is 4.59. The molecule has 3 heterocycles. The summed E-state index contributed by atoms with van der Waals surface area (Å²) in [6.45, 7) is 2.74. The van der Waals surface area contributed by atoms with Crippen LogP contribution in [0.4, 0.5) is 5.82 Å². The van der Waals surface area contributed by atoms with Gasteiger partial charge in [-0.2, -0.15) is 0 Å². The van der Waals surface area contributed by atoms with Crippen LogP contribution in [0.25, 0.3) is 21.7 Å². The van der Waals surface area contributed by atoms with E-state index in [0.29, 0.717) is 18.1 Å². The molecule has 0 aliphatic heterocycles. The molecule has 0 spiro atoms. The van der Waals surface area contributed by atoms with Gasteiger partial charge in [0.1, 0.15) is 16.3 Å². The Bertz CT molecular complexity index is 880. The average Bonchev–Trinajstić information content (AvgIpc) is 3.05. The molecule has 0 aromatic carbocycles. The Balaban J connectivity index is 1.83. The first-order valence-electron chi connectivity index (χ1n) is 8.61. The van der Waals surface area contributed by atoms with Crippen molar-refractivity contribution < 1.29 is 4.74 Å². The van der Waals surface area contributed by atoms with E-state index < -0.39 is 0 Å². The highest BCUT2D eigenvalue weighted by Gasteiger charge is 2.22. The van der Waals surface area contributed by atoms with Crippen molar-refractivity contribution in [1.82, 2.24) is 19.9 Å². The highest BCUT2D eigenvalue weighted by molar-refractivity contribution is 7.19. The molecule has 0 saturated carbocycles. The lowest BCUT2D eigenvalue weighted by Crippen LogP contribution is -2.19. The van der Waals surface area contributed by atoms with Crippen molar-refractivity contribution in [2.45, 2.75) is 38.7 Å². The summed E-state index contributed by atoms with van der Waals surface area (Å²) >= 11 is 1.79. The molecule has 25 heavy (non-hydrogen) atoms. The molecule has 1 unspecified atom stereocenters. The zero-order valence-corrected chi connectivity index (χ0v) is 15.3. The summed E-state index contributed by atoms with van der Waals surface area (Å²) in [5.41, 5.74) is 2.11. The number of methoxy groups -OCH3 is 1. The molecule has 3 aromatic rings. The molecular formula is C18H21N5OS. The van der Waals surface area contributed by atoms with Gasteiger partial charge >= 0.3 is 0 Å². The van der Waals surface area contributed by atoms with E-state index in [9.17, 15) is 0 Å². The number of hydrogen-bond donors (Lipinski definition) is 1. The fourth-order valence-electron chi connectivity index (χ4n) is 3.14. The lowest BCUT2D eigenvalue weighted by atomic mass is 9.97. The number of nitrogens with one attached hydrogen (secondary N) is 1. The quantitative estimate of drug-likeness (QED) is 0.755. The summed E-state index contributed by atoms with van der Waals surface area (Å²) in [5.74, 6) is 1.50. The molecular weight excluding hydrogens is 334 g/mol. The first-order chi connectivity index (χ1) is 12.3. The predicted molar refractivity (Wildman–Crippen MR) is 100 cm³/mol. The molecule has 1 aliphatic rings. The Morgan fingerprint density at radius 3 is 2.92 bits per heavy atom. The molecule has 1 aliphatic carbocycles. The average molecular weight is 355 g/mol. The molecule has 0 bridgehead atoms. The van der Waals surface area contributed by atoms with Crippen LogP contribution in [-0.2, 0) is 17.6 Å². The van der Waals surface area contributed by atoms with E-state index in [4.69, 9.17) is 14.7 Å². The second kappa shape index (κ2) is 7.01. The normalized spacial score (nSPS) is 15.1. The lowest BCUT2D eigenvalue weighted by molar-refractivity contribution is 0.128. The molecule has 1 N–H and O–H groups in total. The van der Waals surface area contributed by atoms with Crippen molar-refractivity contribution in [3.05, 3.63) is 29.0 Å². The fraction of sp³-hybridized carbons (Fsp3) is 0.444. The van der Waals surface area contributed by atoms with Crippen molar-refractivity contribution in [2.24, 2.45) is 0 Å². The predicted octanol–water partition coefficient (Wildman–Crippen LogP) is 3.47. The van der Waals surface area contributed by atoms with Crippen LogP contribution in [0, 0.1) is 0 Å². The summed E-state index contributed by atoms with van der Waals surface area (Å²) in [6.07, 6.45) is 9.89. The zero-order valence-electron chi connectivity index (χ0n) is 14.5. The van der Waals surface area contributed by atoms with E-state index in [-0.39, 0.29) is 6.10 Å². The highest BCUT2D eigenvalue weighted by Crippen LogP contribution is 2.39. The van der Waals surface area contributed by atoms with Crippen LogP contribution in [0.3, 0.4) is 0 Å². The Hall–Kier alpha value is -2.12. The largest absolute Gasteiger partial charge is 0.380 e. The van der Waals surface area contributed by atoms with Crippen molar-refractivity contribution in [3.8, 4) is 11.5 Å². The molecule has 0 radical (unpaired) electrons. The molecule has 0 fully saturated rings. The van der Waals surface area contributed by atoms with Gasteiger partial charge in [0.25, 0.3) is 0 Å². The number of thiophene rings is 1. The molecule has 4 rings (SSSR count). The topological polar surface area (TPSA) is 72.8 Å². The minimum Gasteiger partial charge on any atom is -0.380 e. The minimum absolute atomic E-state index is 0.111. The number of aromatic nitrogens is 4. The van der Waals surface area contributed by atoms with Gasteiger partial charge in [-0.3, -0.25) is 4.98 Å². The Morgan fingerprint density at radius 2 is 2.12 bits per heavy atom. The summed E-state index contributed by atoms with van der Waals surface area (Å²) in [6, 6.07) is 0. The van der Waals surface area contributed by atoms with Gasteiger partial charge in [-0.05, 0) is 38.2 Å². The Morgan fingerprint density at radius 1 is 1.24 bits per heavy atom. The number of ether oxygens (including phenoxy) is 1. The van der Waals surface area contributed by atoms with E-state index in [2.05, 4.69) is 15.3 Å². The monoisotopic (exact) mass is 355 g/mol. The number of hydrogen-bond acceptors (Lipinski definition) is 7. The second-order valence-electron chi connectivity index (χ2n) is 6.30. The molecule has 3 aromatic heterocycles. The first-order valence-corrected chi connectivity index (χ1v) is 9.43. The Labute approximate surface area is 150 Å². The SMILES string of the molecule is COC(C)CNc1nc(-c2cnccn2)nc2sc3c(c12)CCCC3. The van der Waals surface area contributed by atoms with Crippen LogP contribution in [0.15, 0.2) is 18.6 Å². The van der Waals surface area contributed by atoms with Crippen LogP contribution in [0.5, 0.6) is 0 Å². The minimum atomic E-state index is 0.111. The molecule has 7 heteroatoms.